The van der Waals surface area contributed by atoms with Crippen molar-refractivity contribution in [1.82, 2.24) is 0 Å². The summed E-state index contributed by atoms with van der Waals surface area (Å²) in [5, 5.41) is 0. The SMILES string of the molecule is Cc1cccc2c1-c1c(ccc[n+]1C)CC2C. The Hall–Kier alpha value is -1.63. The van der Waals surface area contributed by atoms with Crippen molar-refractivity contribution in [2.24, 2.45) is 7.05 Å². The first-order chi connectivity index (χ1) is 8.18. The molecule has 1 aromatic heterocycles. The molecule has 1 aromatic carbocycles. The summed E-state index contributed by atoms with van der Waals surface area (Å²) in [5.41, 5.74) is 7.21. The maximum Gasteiger partial charge on any atom is 0.216 e. The third-order valence-corrected chi connectivity index (χ3v) is 3.86. The zero-order chi connectivity index (χ0) is 12.0. The smallest absolute Gasteiger partial charge is 0.201 e. The van der Waals surface area contributed by atoms with E-state index in [0.717, 1.165) is 6.42 Å². The van der Waals surface area contributed by atoms with E-state index in [4.69, 9.17) is 0 Å². The van der Waals surface area contributed by atoms with E-state index in [2.05, 4.69) is 62.0 Å². The maximum absolute atomic E-state index is 2.33. The zero-order valence-corrected chi connectivity index (χ0v) is 10.7. The van der Waals surface area contributed by atoms with Gasteiger partial charge < -0.3 is 0 Å². The van der Waals surface area contributed by atoms with Crippen molar-refractivity contribution in [3.05, 3.63) is 53.2 Å². The fourth-order valence-electron chi connectivity index (χ4n) is 3.03. The lowest BCUT2D eigenvalue weighted by atomic mass is 9.80. The van der Waals surface area contributed by atoms with Crippen LogP contribution in [0.3, 0.4) is 0 Å². The van der Waals surface area contributed by atoms with Crippen molar-refractivity contribution < 1.29 is 4.57 Å². The number of hydrogen-bond donors (Lipinski definition) is 0. The first-order valence-electron chi connectivity index (χ1n) is 6.26. The monoisotopic (exact) mass is 224 g/mol. The van der Waals surface area contributed by atoms with E-state index in [1.807, 2.05) is 0 Å². The van der Waals surface area contributed by atoms with Gasteiger partial charge in [-0.1, -0.05) is 25.1 Å². The molecule has 1 nitrogen and oxygen atoms in total. The molecule has 0 saturated carbocycles. The number of aryl methyl sites for hydroxylation is 2. The predicted octanol–water partition coefficient (Wildman–Crippen LogP) is 3.15. The molecule has 86 valence electrons. The maximum atomic E-state index is 2.33. The summed E-state index contributed by atoms with van der Waals surface area (Å²) in [6.07, 6.45) is 3.30. The van der Waals surface area contributed by atoms with Crippen molar-refractivity contribution in [3.8, 4) is 11.3 Å². The second kappa shape index (κ2) is 3.69. The highest BCUT2D eigenvalue weighted by molar-refractivity contribution is 5.71. The van der Waals surface area contributed by atoms with Gasteiger partial charge >= 0.3 is 0 Å². The van der Waals surface area contributed by atoms with Gasteiger partial charge in [0.05, 0.1) is 5.56 Å². The number of aromatic nitrogens is 1. The van der Waals surface area contributed by atoms with Gasteiger partial charge in [-0.15, -0.1) is 0 Å². The molecule has 17 heavy (non-hydrogen) atoms. The van der Waals surface area contributed by atoms with Crippen LogP contribution in [0.4, 0.5) is 0 Å². The molecule has 2 aromatic rings. The van der Waals surface area contributed by atoms with Gasteiger partial charge in [0.15, 0.2) is 6.20 Å². The fourth-order valence-corrected chi connectivity index (χ4v) is 3.03. The summed E-state index contributed by atoms with van der Waals surface area (Å²) >= 11 is 0. The molecule has 0 radical (unpaired) electrons. The summed E-state index contributed by atoms with van der Waals surface area (Å²) < 4.78 is 2.26. The Morgan fingerprint density at radius 3 is 2.82 bits per heavy atom. The number of fused-ring (bicyclic) bond motifs is 3. The Balaban J connectivity index is 2.39. The van der Waals surface area contributed by atoms with Gasteiger partial charge in [0, 0.05) is 11.6 Å². The normalized spacial score (nSPS) is 17.5. The molecule has 0 bridgehead atoms. The molecule has 1 heteroatoms. The molecule has 1 aliphatic carbocycles. The van der Waals surface area contributed by atoms with Gasteiger partial charge in [-0.2, -0.15) is 0 Å². The number of nitrogens with zero attached hydrogens (tertiary/aromatic N) is 1. The molecule has 1 heterocycles. The Morgan fingerprint density at radius 1 is 1.18 bits per heavy atom. The quantitative estimate of drug-likeness (QED) is 0.605. The summed E-state index contributed by atoms with van der Waals surface area (Å²) in [7, 11) is 2.14. The van der Waals surface area contributed by atoms with Crippen LogP contribution in [0, 0.1) is 6.92 Å². The van der Waals surface area contributed by atoms with Crippen molar-refractivity contribution in [2.75, 3.05) is 0 Å². The Labute approximate surface area is 103 Å². The Bertz CT molecular complexity index is 584. The van der Waals surface area contributed by atoms with Gasteiger partial charge in [0.25, 0.3) is 0 Å². The van der Waals surface area contributed by atoms with Gasteiger partial charge in [-0.05, 0) is 36.5 Å². The summed E-state index contributed by atoms with van der Waals surface area (Å²) in [6.45, 7) is 4.54. The van der Waals surface area contributed by atoms with Crippen LogP contribution in [0.5, 0.6) is 0 Å². The van der Waals surface area contributed by atoms with Gasteiger partial charge in [-0.3, -0.25) is 0 Å². The topological polar surface area (TPSA) is 3.88 Å². The van der Waals surface area contributed by atoms with Crippen molar-refractivity contribution in [3.63, 3.8) is 0 Å². The van der Waals surface area contributed by atoms with Crippen LogP contribution in [-0.4, -0.2) is 0 Å². The largest absolute Gasteiger partial charge is 0.216 e. The van der Waals surface area contributed by atoms with E-state index in [9.17, 15) is 0 Å². The van der Waals surface area contributed by atoms with E-state index < -0.39 is 0 Å². The fraction of sp³-hybridized carbons (Fsp3) is 0.312. The highest BCUT2D eigenvalue weighted by atomic mass is 14.9. The van der Waals surface area contributed by atoms with Crippen LogP contribution in [0.15, 0.2) is 36.5 Å². The number of rotatable bonds is 0. The van der Waals surface area contributed by atoms with Gasteiger partial charge in [0.2, 0.25) is 5.69 Å². The standard InChI is InChI=1S/C16H18N/c1-11-6-4-8-14-12(2)10-13-7-5-9-17(3)16(13)15(11)14/h4-9,12H,10H2,1-3H3/q+1. The molecule has 1 atom stereocenters. The highest BCUT2D eigenvalue weighted by Crippen LogP contribution is 2.38. The second-order valence-corrected chi connectivity index (χ2v) is 5.14. The molecular weight excluding hydrogens is 206 g/mol. The Kier molecular flexibility index (Phi) is 2.29. The van der Waals surface area contributed by atoms with Crippen molar-refractivity contribution in [1.29, 1.82) is 0 Å². The highest BCUT2D eigenvalue weighted by Gasteiger charge is 2.28. The summed E-state index contributed by atoms with van der Waals surface area (Å²) in [5.74, 6) is 0.625. The van der Waals surface area contributed by atoms with Gasteiger partial charge in [-0.25, -0.2) is 4.57 Å². The average Bonchev–Trinajstić information content (AvgIpc) is 2.30. The Morgan fingerprint density at radius 2 is 2.00 bits per heavy atom. The molecule has 1 aliphatic rings. The van der Waals surface area contributed by atoms with Crippen LogP contribution >= 0.6 is 0 Å². The minimum atomic E-state index is 0.625. The van der Waals surface area contributed by atoms with E-state index in [0.29, 0.717) is 5.92 Å². The van der Waals surface area contributed by atoms with Crippen LogP contribution in [0.1, 0.15) is 29.5 Å². The minimum absolute atomic E-state index is 0.625. The lowest BCUT2D eigenvalue weighted by Crippen LogP contribution is -2.34. The minimum Gasteiger partial charge on any atom is -0.201 e. The number of hydrogen-bond acceptors (Lipinski definition) is 0. The van der Waals surface area contributed by atoms with Crippen LogP contribution in [0.25, 0.3) is 11.3 Å². The van der Waals surface area contributed by atoms with E-state index in [1.54, 1.807) is 0 Å². The second-order valence-electron chi connectivity index (χ2n) is 5.14. The van der Waals surface area contributed by atoms with Crippen molar-refractivity contribution >= 4 is 0 Å². The number of pyridine rings is 1. The van der Waals surface area contributed by atoms with E-state index in [1.165, 1.54) is 27.9 Å². The molecular formula is C16H18N+. The molecule has 0 aliphatic heterocycles. The van der Waals surface area contributed by atoms with E-state index >= 15 is 0 Å². The molecule has 3 rings (SSSR count). The number of benzene rings is 1. The lowest BCUT2D eigenvalue weighted by molar-refractivity contribution is -0.660. The van der Waals surface area contributed by atoms with Crippen LogP contribution < -0.4 is 4.57 Å². The van der Waals surface area contributed by atoms with E-state index in [-0.39, 0.29) is 0 Å². The lowest BCUT2D eigenvalue weighted by Gasteiger charge is -2.24. The van der Waals surface area contributed by atoms with Gasteiger partial charge in [0.1, 0.15) is 7.05 Å². The molecule has 0 saturated heterocycles. The molecule has 0 N–H and O–H groups in total. The summed E-state index contributed by atoms with van der Waals surface area (Å²) in [4.78, 5) is 0. The molecule has 0 spiro atoms. The third kappa shape index (κ3) is 1.49. The zero-order valence-electron chi connectivity index (χ0n) is 10.7. The first-order valence-corrected chi connectivity index (χ1v) is 6.26. The predicted molar refractivity (Wildman–Crippen MR) is 69.9 cm³/mol. The summed E-state index contributed by atoms with van der Waals surface area (Å²) in [6, 6.07) is 11.1. The first kappa shape index (κ1) is 10.5. The van der Waals surface area contributed by atoms with Crippen LogP contribution in [-0.2, 0) is 13.5 Å². The molecule has 0 amide bonds. The average molecular weight is 224 g/mol. The molecule has 0 fully saturated rings. The van der Waals surface area contributed by atoms with Crippen LogP contribution in [0.2, 0.25) is 0 Å². The van der Waals surface area contributed by atoms with Crippen molar-refractivity contribution in [2.45, 2.75) is 26.2 Å². The molecule has 1 unspecified atom stereocenters. The third-order valence-electron chi connectivity index (χ3n) is 3.86.